The molecule has 2 fully saturated rings. The smallest absolute Gasteiger partial charge is 0.316 e. The first-order chi connectivity index (χ1) is 31.8. The molecule has 0 spiro atoms. The van der Waals surface area contributed by atoms with E-state index in [1.165, 1.54) is 0 Å². The number of aromatic nitrogens is 6. The highest BCUT2D eigenvalue weighted by atomic mass is 16.5. The molecule has 17 nitrogen and oxygen atoms in total. The normalized spacial score (nSPS) is 14.8. The van der Waals surface area contributed by atoms with Crippen LogP contribution in [0.3, 0.4) is 0 Å². The highest BCUT2D eigenvalue weighted by Crippen LogP contribution is 2.43. The minimum Gasteiger partial charge on any atom is -0.467 e. The fourth-order valence-corrected chi connectivity index (χ4v) is 8.33. The van der Waals surface area contributed by atoms with Crippen molar-refractivity contribution in [2.75, 3.05) is 80.6 Å². The van der Waals surface area contributed by atoms with Crippen LogP contribution in [0.25, 0.3) is 22.8 Å². The number of nitrogen functional groups attached to an aromatic ring is 1. The van der Waals surface area contributed by atoms with E-state index in [2.05, 4.69) is 51.1 Å². The van der Waals surface area contributed by atoms with E-state index in [-0.39, 0.29) is 11.1 Å². The number of morpholine rings is 2. The molecule has 7 aromatic rings. The van der Waals surface area contributed by atoms with Crippen molar-refractivity contribution in [3.63, 3.8) is 0 Å². The Labute approximate surface area is 373 Å². The van der Waals surface area contributed by atoms with Crippen molar-refractivity contribution in [1.29, 1.82) is 0 Å². The molecule has 65 heavy (non-hydrogen) atoms. The molecule has 9 heterocycles. The number of nitrogens with zero attached hydrogens (tertiary/aromatic N) is 6. The number of methoxy groups -OCH3 is 1. The number of nitrogens with one attached hydrogen (secondary N) is 3. The van der Waals surface area contributed by atoms with Crippen LogP contribution >= 0.6 is 0 Å². The van der Waals surface area contributed by atoms with Crippen LogP contribution in [0, 0.1) is 0 Å². The van der Waals surface area contributed by atoms with Gasteiger partial charge in [0.1, 0.15) is 22.9 Å². The molecule has 0 saturated carbocycles. The summed E-state index contributed by atoms with van der Waals surface area (Å²) >= 11 is 0. The maximum Gasteiger partial charge on any atom is 0.316 e. The maximum atomic E-state index is 12.5. The van der Waals surface area contributed by atoms with Gasteiger partial charge in [0.25, 0.3) is 11.1 Å². The minimum atomic E-state index is -0.174. The molecule has 0 unspecified atom stereocenters. The van der Waals surface area contributed by atoms with Crippen molar-refractivity contribution in [2.45, 2.75) is 19.4 Å². The molecule has 5 N–H and O–H groups in total. The molecule has 330 valence electrons. The second kappa shape index (κ2) is 18.1. The molecular formula is C48H46N10O7. The van der Waals surface area contributed by atoms with Gasteiger partial charge in [-0.2, -0.15) is 0 Å². The topological polar surface area (TPSA) is 208 Å². The van der Waals surface area contributed by atoms with Gasteiger partial charge >= 0.3 is 6.01 Å². The quantitative estimate of drug-likeness (QED) is 0.131. The van der Waals surface area contributed by atoms with Crippen LogP contribution in [-0.2, 0) is 28.9 Å². The molecule has 5 aromatic heterocycles. The Morgan fingerprint density at radius 2 is 1.17 bits per heavy atom. The molecule has 0 radical (unpaired) electrons. The van der Waals surface area contributed by atoms with Gasteiger partial charge in [-0.3, -0.25) is 19.6 Å². The molecule has 2 aromatic carbocycles. The zero-order chi connectivity index (χ0) is 44.3. The Bertz CT molecular complexity index is 2980. The number of benzene rings is 2. The van der Waals surface area contributed by atoms with Gasteiger partial charge in [-0.15, -0.1) is 0 Å². The summed E-state index contributed by atoms with van der Waals surface area (Å²) in [5.74, 6) is 2.88. The largest absolute Gasteiger partial charge is 0.467 e. The summed E-state index contributed by atoms with van der Waals surface area (Å²) in [5.41, 5.74) is 16.6. The van der Waals surface area contributed by atoms with Crippen molar-refractivity contribution in [1.82, 2.24) is 29.9 Å². The maximum absolute atomic E-state index is 12.5. The lowest BCUT2D eigenvalue weighted by Crippen LogP contribution is -2.36. The summed E-state index contributed by atoms with van der Waals surface area (Å²) in [7, 11) is 1.54. The zero-order valence-corrected chi connectivity index (χ0v) is 35.6. The Balaban J connectivity index is 0.000000159. The second-order valence-electron chi connectivity index (χ2n) is 15.9. The average molecular weight is 875 g/mol. The molecule has 4 aliphatic heterocycles. The van der Waals surface area contributed by atoms with Crippen LogP contribution in [0.1, 0.15) is 27.8 Å². The lowest BCUT2D eigenvalue weighted by molar-refractivity contribution is 0.122. The molecule has 2 saturated heterocycles. The van der Waals surface area contributed by atoms with Crippen molar-refractivity contribution in [3.8, 4) is 51.8 Å². The number of pyridine rings is 4. The van der Waals surface area contributed by atoms with E-state index in [1.54, 1.807) is 44.0 Å². The van der Waals surface area contributed by atoms with Crippen LogP contribution < -0.4 is 46.2 Å². The van der Waals surface area contributed by atoms with Crippen LogP contribution in [0.5, 0.6) is 29.0 Å². The summed E-state index contributed by atoms with van der Waals surface area (Å²) in [5, 5.41) is 3.41. The third-order valence-corrected chi connectivity index (χ3v) is 11.6. The van der Waals surface area contributed by atoms with Crippen molar-refractivity contribution >= 4 is 22.7 Å². The summed E-state index contributed by atoms with van der Waals surface area (Å²) in [6.07, 6.45) is 8.38. The van der Waals surface area contributed by atoms with Crippen LogP contribution in [0.15, 0.2) is 107 Å². The molecule has 0 bridgehead atoms. The predicted molar refractivity (Wildman–Crippen MR) is 246 cm³/mol. The number of hydrogen-bond acceptors (Lipinski definition) is 15. The van der Waals surface area contributed by atoms with Gasteiger partial charge in [-0.1, -0.05) is 0 Å². The number of ether oxygens (including phenoxy) is 5. The molecule has 17 heteroatoms. The van der Waals surface area contributed by atoms with E-state index in [9.17, 15) is 9.59 Å². The average Bonchev–Trinajstić information content (AvgIpc) is 3.34. The first-order valence-corrected chi connectivity index (χ1v) is 21.4. The lowest BCUT2D eigenvalue weighted by Gasteiger charge is -2.29. The van der Waals surface area contributed by atoms with Gasteiger partial charge in [0, 0.05) is 133 Å². The Hall–Kier alpha value is -7.76. The lowest BCUT2D eigenvalue weighted by atomic mass is 9.99. The highest BCUT2D eigenvalue weighted by molar-refractivity contribution is 5.72. The third kappa shape index (κ3) is 9.05. The molecule has 4 aliphatic rings. The summed E-state index contributed by atoms with van der Waals surface area (Å²) in [4.78, 5) is 52.4. The van der Waals surface area contributed by atoms with Crippen LogP contribution in [-0.4, -0.2) is 89.6 Å². The number of H-pyrrole nitrogens is 2. The summed E-state index contributed by atoms with van der Waals surface area (Å²) in [6, 6.07) is 23.0. The molecule has 0 atom stereocenters. The molecule has 11 rings (SSSR count). The number of rotatable bonds is 8. The molecule has 0 aliphatic carbocycles. The van der Waals surface area contributed by atoms with E-state index < -0.39 is 0 Å². The molecular weight excluding hydrogens is 829 g/mol. The number of hydrogen-bond donors (Lipinski definition) is 4. The highest BCUT2D eigenvalue weighted by Gasteiger charge is 2.25. The second-order valence-corrected chi connectivity index (χ2v) is 15.9. The van der Waals surface area contributed by atoms with E-state index in [1.807, 2.05) is 54.6 Å². The summed E-state index contributed by atoms with van der Waals surface area (Å²) in [6.45, 7) is 6.19. The van der Waals surface area contributed by atoms with Crippen molar-refractivity contribution < 1.29 is 23.7 Å². The van der Waals surface area contributed by atoms with Gasteiger partial charge in [-0.25, -0.2) is 9.97 Å². The van der Waals surface area contributed by atoms with E-state index >= 15 is 0 Å². The van der Waals surface area contributed by atoms with Gasteiger partial charge in [0.2, 0.25) is 0 Å². The first-order valence-electron chi connectivity index (χ1n) is 21.4. The van der Waals surface area contributed by atoms with Gasteiger partial charge < -0.3 is 54.5 Å². The summed E-state index contributed by atoms with van der Waals surface area (Å²) < 4.78 is 28.4. The standard InChI is InChI=1S/C27H26N6O4.C21H20N4O3/c1-35-27-30-15-17(16-31-27)14-29-20-2-3-23-19(11-20)10-18-4-5-28-25(26(18)37-23)22-12-21(13-24(34)32-22)33-6-8-36-9-7-33;22-15-1-2-18-14(10-15)9-13-3-4-23-20(21(13)28-18)17-11-16(12-19(26)24-17)25-5-7-27-8-6-25/h2-5,11-13,15-16,29H,6-10,14H2,1H3,(H,32,34);1-4,10-12H,5-9,22H2,(H,24,26). The van der Waals surface area contributed by atoms with E-state index in [0.29, 0.717) is 91.8 Å². The number of nitrogens with two attached hydrogens (primary N) is 1. The number of aromatic amines is 2. The van der Waals surface area contributed by atoms with Gasteiger partial charge in [0.05, 0.1) is 44.9 Å². The Kier molecular flexibility index (Phi) is 11.5. The van der Waals surface area contributed by atoms with Crippen LogP contribution in [0.2, 0.25) is 0 Å². The zero-order valence-electron chi connectivity index (χ0n) is 35.6. The van der Waals surface area contributed by atoms with Gasteiger partial charge in [-0.05, 0) is 60.7 Å². The van der Waals surface area contributed by atoms with E-state index in [0.717, 1.165) is 82.6 Å². The fourth-order valence-electron chi connectivity index (χ4n) is 8.33. The number of anilines is 4. The SMILES string of the molecule is COc1ncc(CNc2ccc3c(c2)Cc2ccnc(-c4cc(N5CCOCC5)cc(=O)[nH]4)c2O3)cn1.Nc1ccc2c(c1)Cc1ccnc(-c3cc(N4CCOCC4)cc(=O)[nH]3)c1O2. The molecule has 0 amide bonds. The Morgan fingerprint density at radius 1 is 0.646 bits per heavy atom. The fraction of sp³-hybridized carbons (Fsp3) is 0.250. The van der Waals surface area contributed by atoms with Crippen molar-refractivity contribution in [3.05, 3.63) is 146 Å². The minimum absolute atomic E-state index is 0.164. The van der Waals surface area contributed by atoms with Crippen LogP contribution in [0.4, 0.5) is 22.7 Å². The van der Waals surface area contributed by atoms with Gasteiger partial charge in [0.15, 0.2) is 11.5 Å². The number of fused-ring (bicyclic) bond motifs is 4. The predicted octanol–water partition coefficient (Wildman–Crippen LogP) is 5.93. The first kappa shape index (κ1) is 41.3. The monoisotopic (exact) mass is 874 g/mol. The third-order valence-electron chi connectivity index (χ3n) is 11.6. The Morgan fingerprint density at radius 3 is 1.71 bits per heavy atom. The van der Waals surface area contributed by atoms with Crippen molar-refractivity contribution in [2.24, 2.45) is 0 Å². The van der Waals surface area contributed by atoms with E-state index in [4.69, 9.17) is 29.4 Å².